The number of furan rings is 1. The van der Waals surface area contributed by atoms with Gasteiger partial charge >= 0.3 is 0 Å². The van der Waals surface area contributed by atoms with Crippen LogP contribution in [0.25, 0.3) is 0 Å². The van der Waals surface area contributed by atoms with E-state index in [-0.39, 0.29) is 17.7 Å². The molecule has 0 unspecified atom stereocenters. The van der Waals surface area contributed by atoms with E-state index in [4.69, 9.17) is 9.15 Å². The molecule has 0 saturated carbocycles. The summed E-state index contributed by atoms with van der Waals surface area (Å²) in [6, 6.07) is 15.2. The Morgan fingerprint density at radius 3 is 2.76 bits per heavy atom. The number of ether oxygens (including phenoxy) is 1. The molecule has 0 N–H and O–H groups in total. The third-order valence-corrected chi connectivity index (χ3v) is 7.50. The highest BCUT2D eigenvalue weighted by atomic mass is 32.2. The van der Waals surface area contributed by atoms with Crippen LogP contribution in [-0.4, -0.2) is 44.3 Å². The molecule has 174 valence electrons. The number of benzene rings is 1. The van der Waals surface area contributed by atoms with Crippen molar-refractivity contribution in [3.05, 3.63) is 82.2 Å². The largest absolute Gasteiger partial charge is 0.497 e. The average Bonchev–Trinajstić information content (AvgIpc) is 3.66. The molecule has 1 amide bonds. The molecule has 3 aromatic heterocycles. The van der Waals surface area contributed by atoms with E-state index in [1.165, 1.54) is 21.6 Å². The average molecular weight is 494 g/mol. The van der Waals surface area contributed by atoms with Crippen molar-refractivity contribution in [3.63, 3.8) is 0 Å². The number of carbonyl (C=O) groups is 1. The van der Waals surface area contributed by atoms with Gasteiger partial charge in [0.1, 0.15) is 23.4 Å². The van der Waals surface area contributed by atoms with E-state index in [1.807, 2.05) is 59.5 Å². The zero-order chi connectivity index (χ0) is 23.5. The highest BCUT2D eigenvalue weighted by molar-refractivity contribution is 7.99. The number of rotatable bonds is 8. The molecule has 0 spiro atoms. The topological polar surface area (TPSA) is 85.8 Å². The van der Waals surface area contributed by atoms with Gasteiger partial charge in [-0.15, -0.1) is 21.5 Å². The highest BCUT2D eigenvalue weighted by Gasteiger charge is 2.35. The summed E-state index contributed by atoms with van der Waals surface area (Å²) in [4.78, 5) is 14.5. The minimum Gasteiger partial charge on any atom is -0.497 e. The molecular weight excluding hydrogens is 470 g/mol. The first kappa shape index (κ1) is 22.4. The van der Waals surface area contributed by atoms with E-state index in [2.05, 4.69) is 21.4 Å². The third-order valence-electron chi connectivity index (χ3n) is 5.62. The maximum Gasteiger partial charge on any atom is 0.253 e. The number of hydrogen-bond acceptors (Lipinski definition) is 8. The fraction of sp³-hybridized carbons (Fsp3) is 0.250. The molecule has 0 fully saturated rings. The van der Waals surface area contributed by atoms with Crippen molar-refractivity contribution in [2.75, 3.05) is 12.9 Å². The predicted molar refractivity (Wildman–Crippen MR) is 131 cm³/mol. The second-order valence-electron chi connectivity index (χ2n) is 7.75. The zero-order valence-corrected chi connectivity index (χ0v) is 20.4. The van der Waals surface area contributed by atoms with Crippen LogP contribution in [0.1, 0.15) is 34.5 Å². The quantitative estimate of drug-likeness (QED) is 0.335. The summed E-state index contributed by atoms with van der Waals surface area (Å²) in [7, 11) is 3.56. The van der Waals surface area contributed by atoms with E-state index in [9.17, 15) is 4.79 Å². The first-order valence-electron chi connectivity index (χ1n) is 10.7. The van der Waals surface area contributed by atoms with Gasteiger partial charge in [0, 0.05) is 24.8 Å². The van der Waals surface area contributed by atoms with Gasteiger partial charge < -0.3 is 13.7 Å². The fourth-order valence-electron chi connectivity index (χ4n) is 3.79. The summed E-state index contributed by atoms with van der Waals surface area (Å²) < 4.78 is 12.8. The molecule has 5 rings (SSSR count). The predicted octanol–water partition coefficient (Wildman–Crippen LogP) is 4.54. The molecule has 8 nitrogen and oxygen atoms in total. The van der Waals surface area contributed by atoms with E-state index in [0.29, 0.717) is 17.3 Å². The Morgan fingerprint density at radius 1 is 1.21 bits per heavy atom. The van der Waals surface area contributed by atoms with Crippen LogP contribution in [0.4, 0.5) is 0 Å². The van der Waals surface area contributed by atoms with E-state index in [1.54, 1.807) is 24.7 Å². The van der Waals surface area contributed by atoms with E-state index >= 15 is 0 Å². The molecule has 1 aliphatic rings. The number of thiophene rings is 1. The Morgan fingerprint density at radius 2 is 2.06 bits per heavy atom. The lowest BCUT2D eigenvalue weighted by molar-refractivity contribution is -0.130. The molecule has 1 aromatic carbocycles. The van der Waals surface area contributed by atoms with Crippen molar-refractivity contribution in [1.82, 2.24) is 19.8 Å². The molecular formula is C24H23N5O3S2. The summed E-state index contributed by atoms with van der Waals surface area (Å²) in [5, 5.41) is 17.6. The van der Waals surface area contributed by atoms with Crippen molar-refractivity contribution in [3.8, 4) is 5.75 Å². The van der Waals surface area contributed by atoms with Gasteiger partial charge in [-0.2, -0.15) is 5.10 Å². The maximum absolute atomic E-state index is 13.3. The van der Waals surface area contributed by atoms with Gasteiger partial charge in [-0.3, -0.25) is 4.79 Å². The zero-order valence-electron chi connectivity index (χ0n) is 18.7. The second kappa shape index (κ2) is 9.86. The molecule has 10 heteroatoms. The molecule has 1 aliphatic heterocycles. The van der Waals surface area contributed by atoms with Gasteiger partial charge in [0.15, 0.2) is 5.16 Å². The molecule has 0 aliphatic carbocycles. The van der Waals surface area contributed by atoms with Crippen LogP contribution >= 0.6 is 23.1 Å². The Labute approximate surface area is 205 Å². The molecule has 4 aromatic rings. The van der Waals surface area contributed by atoms with Gasteiger partial charge in [0.25, 0.3) is 5.91 Å². The van der Waals surface area contributed by atoms with Gasteiger partial charge in [-0.25, -0.2) is 5.01 Å². The molecule has 34 heavy (non-hydrogen) atoms. The summed E-state index contributed by atoms with van der Waals surface area (Å²) >= 11 is 3.05. The van der Waals surface area contributed by atoms with Crippen molar-refractivity contribution in [1.29, 1.82) is 0 Å². The molecule has 1 atom stereocenters. The maximum atomic E-state index is 13.3. The van der Waals surface area contributed by atoms with Gasteiger partial charge in [-0.05, 0) is 53.4 Å². The van der Waals surface area contributed by atoms with Crippen molar-refractivity contribution in [2.24, 2.45) is 12.1 Å². The van der Waals surface area contributed by atoms with Crippen LogP contribution in [0.2, 0.25) is 0 Å². The van der Waals surface area contributed by atoms with E-state index < -0.39 is 0 Å². The monoisotopic (exact) mass is 493 g/mol. The second-order valence-corrected chi connectivity index (χ2v) is 9.73. The Bertz CT molecular complexity index is 1280. The SMILES string of the molecule is COc1ccc(C2=NN(C(=O)CSc3nnc(Cc4cccs4)n3C)[C@H](c3ccco3)C2)cc1. The van der Waals surface area contributed by atoms with Gasteiger partial charge in [0.05, 0.1) is 24.8 Å². The highest BCUT2D eigenvalue weighted by Crippen LogP contribution is 2.34. The number of hydrogen-bond donors (Lipinski definition) is 0. The normalized spacial score (nSPS) is 15.5. The summed E-state index contributed by atoms with van der Waals surface area (Å²) in [6.45, 7) is 0. The van der Waals surface area contributed by atoms with Crippen LogP contribution in [0.5, 0.6) is 5.75 Å². The smallest absolute Gasteiger partial charge is 0.253 e. The lowest BCUT2D eigenvalue weighted by Gasteiger charge is -2.19. The first-order valence-corrected chi connectivity index (χ1v) is 12.6. The summed E-state index contributed by atoms with van der Waals surface area (Å²) in [5.74, 6) is 2.44. The Kier molecular flexibility index (Phi) is 6.50. The minimum absolute atomic E-state index is 0.113. The number of nitrogens with zero attached hydrogens (tertiary/aromatic N) is 5. The Balaban J connectivity index is 1.31. The number of methoxy groups -OCH3 is 1. The molecule has 0 radical (unpaired) electrons. The molecule has 4 heterocycles. The summed E-state index contributed by atoms with van der Waals surface area (Å²) in [5.41, 5.74) is 1.78. The minimum atomic E-state index is -0.283. The lowest BCUT2D eigenvalue weighted by atomic mass is 10.0. The number of amides is 1. The molecule has 0 bridgehead atoms. The van der Waals surface area contributed by atoms with Gasteiger partial charge in [0.2, 0.25) is 0 Å². The molecule has 0 saturated heterocycles. The number of aromatic nitrogens is 3. The van der Waals surface area contributed by atoms with Crippen molar-refractivity contribution in [2.45, 2.75) is 24.0 Å². The van der Waals surface area contributed by atoms with Crippen molar-refractivity contribution < 1.29 is 13.9 Å². The Hall–Kier alpha value is -3.37. The lowest BCUT2D eigenvalue weighted by Crippen LogP contribution is -2.28. The van der Waals surface area contributed by atoms with Crippen LogP contribution in [0.3, 0.4) is 0 Å². The van der Waals surface area contributed by atoms with Crippen LogP contribution in [0, 0.1) is 0 Å². The van der Waals surface area contributed by atoms with Crippen LogP contribution < -0.4 is 4.74 Å². The number of thioether (sulfide) groups is 1. The first-order chi connectivity index (χ1) is 16.6. The number of hydrazone groups is 1. The van der Waals surface area contributed by atoms with E-state index in [0.717, 1.165) is 29.3 Å². The van der Waals surface area contributed by atoms with Crippen molar-refractivity contribution >= 4 is 34.7 Å². The fourth-order valence-corrected chi connectivity index (χ4v) is 5.27. The van der Waals surface area contributed by atoms with Crippen LogP contribution in [0.15, 0.2) is 74.8 Å². The van der Waals surface area contributed by atoms with Gasteiger partial charge in [-0.1, -0.05) is 17.8 Å². The van der Waals surface area contributed by atoms with Crippen LogP contribution in [-0.2, 0) is 18.3 Å². The standard InChI is InChI=1S/C24H23N5O3S2/c1-28-22(13-18-5-4-12-33-18)25-26-24(28)34-15-23(30)29-20(21-6-3-11-32-21)14-19(27-29)16-7-9-17(31-2)10-8-16/h3-12,20H,13-15H2,1-2H3/t20-/m0/s1. The number of carbonyl (C=O) groups excluding carboxylic acids is 1. The summed E-state index contributed by atoms with van der Waals surface area (Å²) in [6.07, 6.45) is 2.91. The third kappa shape index (κ3) is 4.64.